The van der Waals surface area contributed by atoms with Gasteiger partial charge in [0, 0.05) is 22.8 Å². The normalized spacial score (nSPS) is 11.3. The lowest BCUT2D eigenvalue weighted by molar-refractivity contribution is -0.385. The summed E-state index contributed by atoms with van der Waals surface area (Å²) in [6, 6.07) is 9.23. The lowest BCUT2D eigenvalue weighted by Crippen LogP contribution is -2.27. The summed E-state index contributed by atoms with van der Waals surface area (Å²) in [5, 5.41) is 11.4. The van der Waals surface area contributed by atoms with E-state index in [9.17, 15) is 18.5 Å². The molecule has 0 saturated heterocycles. The van der Waals surface area contributed by atoms with Crippen LogP contribution in [0.2, 0.25) is 5.02 Å². The molecule has 0 atom stereocenters. The summed E-state index contributed by atoms with van der Waals surface area (Å²) in [5.41, 5.74) is 0.787. The number of sulfonamides is 1. The molecule has 0 aliphatic rings. The second-order valence-corrected chi connectivity index (χ2v) is 7.10. The van der Waals surface area contributed by atoms with Crippen molar-refractivity contribution in [1.29, 1.82) is 0 Å². The Labute approximate surface area is 138 Å². The topological polar surface area (TPSA) is 102 Å². The van der Waals surface area contributed by atoms with E-state index >= 15 is 0 Å². The molecule has 7 nitrogen and oxygen atoms in total. The predicted octanol–water partition coefficient (Wildman–Crippen LogP) is 2.31. The molecule has 0 aliphatic carbocycles. The minimum atomic E-state index is -3.59. The fourth-order valence-corrected chi connectivity index (χ4v) is 3.13. The number of nitrogens with zero attached hydrogens (tertiary/aromatic N) is 2. The number of rotatable bonds is 7. The van der Waals surface area contributed by atoms with Gasteiger partial charge in [0.05, 0.1) is 22.9 Å². The van der Waals surface area contributed by atoms with Gasteiger partial charge in [0.1, 0.15) is 0 Å². The largest absolute Gasteiger partial charge is 0.272 e. The lowest BCUT2D eigenvalue weighted by atomic mass is 10.1. The highest BCUT2D eigenvalue weighted by Gasteiger charge is 2.16. The molecule has 1 aromatic carbocycles. The predicted molar refractivity (Wildman–Crippen MR) is 86.7 cm³/mol. The lowest BCUT2D eigenvalue weighted by Gasteiger charge is -2.07. The van der Waals surface area contributed by atoms with Crippen LogP contribution in [0.3, 0.4) is 0 Å². The average Bonchev–Trinajstić information content (AvgIpc) is 2.51. The first kappa shape index (κ1) is 17.3. The average molecular weight is 356 g/mol. The number of nitrogens with one attached hydrogen (secondary N) is 1. The molecule has 1 aromatic heterocycles. The van der Waals surface area contributed by atoms with Crippen LogP contribution in [0.25, 0.3) is 0 Å². The summed E-state index contributed by atoms with van der Waals surface area (Å²) >= 11 is 5.80. The fraction of sp³-hybridized carbons (Fsp3) is 0.214. The van der Waals surface area contributed by atoms with E-state index in [0.29, 0.717) is 16.3 Å². The van der Waals surface area contributed by atoms with Crippen LogP contribution in [0.4, 0.5) is 5.69 Å². The van der Waals surface area contributed by atoms with Gasteiger partial charge in [-0.1, -0.05) is 29.8 Å². The Morgan fingerprint density at radius 1 is 1.26 bits per heavy atom. The zero-order valence-electron chi connectivity index (χ0n) is 12.0. The molecule has 0 spiro atoms. The third kappa shape index (κ3) is 5.27. The van der Waals surface area contributed by atoms with Crippen molar-refractivity contribution in [2.75, 3.05) is 5.75 Å². The Bertz CT molecular complexity index is 811. The Morgan fingerprint density at radius 2 is 2.00 bits per heavy atom. The molecule has 122 valence electrons. The number of pyridine rings is 1. The van der Waals surface area contributed by atoms with Gasteiger partial charge in [0.25, 0.3) is 5.69 Å². The van der Waals surface area contributed by atoms with Crippen LogP contribution in [-0.2, 0) is 23.0 Å². The van der Waals surface area contributed by atoms with Crippen LogP contribution in [0.1, 0.15) is 11.3 Å². The van der Waals surface area contributed by atoms with E-state index in [0.717, 1.165) is 0 Å². The van der Waals surface area contributed by atoms with Gasteiger partial charge in [-0.15, -0.1) is 0 Å². The first-order valence-corrected chi connectivity index (χ1v) is 8.70. The number of nitro groups is 1. The fourth-order valence-electron chi connectivity index (χ4n) is 1.95. The number of halogens is 1. The quantitative estimate of drug-likeness (QED) is 0.606. The maximum Gasteiger partial charge on any atom is 0.272 e. The van der Waals surface area contributed by atoms with Gasteiger partial charge in [0.2, 0.25) is 10.0 Å². The molecule has 2 rings (SSSR count). The third-order valence-corrected chi connectivity index (χ3v) is 4.64. The molecule has 0 amide bonds. The molecule has 1 heterocycles. The highest BCUT2D eigenvalue weighted by atomic mass is 35.5. The first-order chi connectivity index (χ1) is 10.9. The Balaban J connectivity index is 1.98. The monoisotopic (exact) mass is 355 g/mol. The highest BCUT2D eigenvalue weighted by Crippen LogP contribution is 2.18. The summed E-state index contributed by atoms with van der Waals surface area (Å²) < 4.78 is 26.4. The Morgan fingerprint density at radius 3 is 2.70 bits per heavy atom. The van der Waals surface area contributed by atoms with Gasteiger partial charge in [-0.25, -0.2) is 13.1 Å². The molecule has 0 fully saturated rings. The van der Waals surface area contributed by atoms with Crippen molar-refractivity contribution in [3.05, 3.63) is 69.0 Å². The van der Waals surface area contributed by atoms with Crippen molar-refractivity contribution in [3.8, 4) is 0 Å². The summed E-state index contributed by atoms with van der Waals surface area (Å²) in [5.74, 6) is -0.252. The second kappa shape index (κ2) is 7.49. The van der Waals surface area contributed by atoms with E-state index in [1.807, 2.05) is 0 Å². The zero-order valence-corrected chi connectivity index (χ0v) is 13.5. The van der Waals surface area contributed by atoms with E-state index in [4.69, 9.17) is 11.6 Å². The van der Waals surface area contributed by atoms with Crippen LogP contribution in [-0.4, -0.2) is 24.1 Å². The molecular formula is C14H14ClN3O4S. The van der Waals surface area contributed by atoms with Crippen LogP contribution in [0, 0.1) is 10.1 Å². The van der Waals surface area contributed by atoms with Crippen LogP contribution < -0.4 is 4.72 Å². The standard InChI is InChI=1S/C14H14ClN3O4S/c15-12-5-7-16-13(9-12)10-17-23(21,22)8-6-11-3-1-2-4-14(11)18(19)20/h1-5,7,9,17H,6,8,10H2. The van der Waals surface area contributed by atoms with Crippen LogP contribution >= 0.6 is 11.6 Å². The summed E-state index contributed by atoms with van der Waals surface area (Å²) in [7, 11) is -3.59. The number of aromatic nitrogens is 1. The number of aryl methyl sites for hydroxylation is 1. The molecule has 0 unspecified atom stereocenters. The van der Waals surface area contributed by atoms with Crippen molar-refractivity contribution in [3.63, 3.8) is 0 Å². The molecule has 1 N–H and O–H groups in total. The number of benzene rings is 1. The minimum absolute atomic E-state index is 0.0137. The second-order valence-electron chi connectivity index (χ2n) is 4.74. The van der Waals surface area contributed by atoms with E-state index in [1.165, 1.54) is 12.3 Å². The molecule has 0 aliphatic heterocycles. The van der Waals surface area contributed by atoms with Crippen molar-refractivity contribution in [2.45, 2.75) is 13.0 Å². The molecule has 0 saturated carbocycles. The molecule has 0 bridgehead atoms. The van der Waals surface area contributed by atoms with E-state index in [-0.39, 0.29) is 24.4 Å². The third-order valence-electron chi connectivity index (χ3n) is 3.08. The summed E-state index contributed by atoms with van der Waals surface area (Å²) in [4.78, 5) is 14.4. The number of para-hydroxylation sites is 1. The number of hydrogen-bond donors (Lipinski definition) is 1. The molecule has 2 aromatic rings. The van der Waals surface area contributed by atoms with Gasteiger partial charge in [-0.3, -0.25) is 15.1 Å². The van der Waals surface area contributed by atoms with Gasteiger partial charge in [-0.2, -0.15) is 0 Å². The number of hydrogen-bond acceptors (Lipinski definition) is 5. The van der Waals surface area contributed by atoms with E-state index in [1.54, 1.807) is 30.3 Å². The SMILES string of the molecule is O=[N+]([O-])c1ccccc1CCS(=O)(=O)NCc1cc(Cl)ccn1. The van der Waals surface area contributed by atoms with Gasteiger partial charge >= 0.3 is 0 Å². The molecule has 0 radical (unpaired) electrons. The Hall–Kier alpha value is -2.03. The number of nitro benzene ring substituents is 1. The minimum Gasteiger partial charge on any atom is -0.260 e. The Kier molecular flexibility index (Phi) is 5.64. The van der Waals surface area contributed by atoms with Gasteiger partial charge in [-0.05, 0) is 18.6 Å². The van der Waals surface area contributed by atoms with Gasteiger partial charge < -0.3 is 0 Å². The zero-order chi connectivity index (χ0) is 16.9. The summed E-state index contributed by atoms with van der Waals surface area (Å²) in [6.07, 6.45) is 1.54. The smallest absolute Gasteiger partial charge is 0.260 e. The van der Waals surface area contributed by atoms with Crippen LogP contribution in [0.15, 0.2) is 42.6 Å². The van der Waals surface area contributed by atoms with Crippen molar-refractivity contribution < 1.29 is 13.3 Å². The van der Waals surface area contributed by atoms with Crippen molar-refractivity contribution in [2.24, 2.45) is 0 Å². The van der Waals surface area contributed by atoms with Crippen molar-refractivity contribution >= 4 is 27.3 Å². The maximum absolute atomic E-state index is 12.0. The molecular weight excluding hydrogens is 342 g/mol. The first-order valence-electron chi connectivity index (χ1n) is 6.67. The van der Waals surface area contributed by atoms with E-state index in [2.05, 4.69) is 9.71 Å². The van der Waals surface area contributed by atoms with Crippen LogP contribution in [0.5, 0.6) is 0 Å². The highest BCUT2D eigenvalue weighted by molar-refractivity contribution is 7.89. The molecule has 9 heteroatoms. The maximum atomic E-state index is 12.0. The van der Waals surface area contributed by atoms with Crippen molar-refractivity contribution in [1.82, 2.24) is 9.71 Å². The summed E-state index contributed by atoms with van der Waals surface area (Å²) in [6.45, 7) is 0.0137. The molecule has 23 heavy (non-hydrogen) atoms. The van der Waals surface area contributed by atoms with Gasteiger partial charge in [0.15, 0.2) is 0 Å². The van der Waals surface area contributed by atoms with E-state index < -0.39 is 14.9 Å².